The number of nitrogens with two attached hydrogens (primary N) is 1. The number of benzene rings is 3. The zero-order valence-electron chi connectivity index (χ0n) is 60.9. The highest BCUT2D eigenvalue weighted by Gasteiger charge is 2.52. The van der Waals surface area contributed by atoms with Crippen molar-refractivity contribution in [2.24, 2.45) is 12.9 Å². The summed E-state index contributed by atoms with van der Waals surface area (Å²) in [5, 5.41) is 32.3. The van der Waals surface area contributed by atoms with Crippen LogP contribution in [-0.4, -0.2) is 210 Å². The summed E-state index contributed by atoms with van der Waals surface area (Å²) in [6.45, 7) is 2.67. The van der Waals surface area contributed by atoms with Gasteiger partial charge in [0.05, 0.1) is 41.8 Å². The quantitative estimate of drug-likeness (QED) is 0.0121. The molecule has 588 valence electrons. The van der Waals surface area contributed by atoms with Gasteiger partial charge in [-0.3, -0.25) is 49.3 Å². The van der Waals surface area contributed by atoms with Crippen LogP contribution in [0.5, 0.6) is 0 Å². The number of hydroxylamine groups is 8. The van der Waals surface area contributed by atoms with Gasteiger partial charge in [-0.05, 0) is 104 Å². The Morgan fingerprint density at radius 1 is 0.496 bits per heavy atom. The summed E-state index contributed by atoms with van der Waals surface area (Å²) in [5.74, 6) is 4.88. The Morgan fingerprint density at radius 3 is 1.28 bits per heavy atom. The molecule has 0 spiro atoms. The van der Waals surface area contributed by atoms with E-state index in [4.69, 9.17) is 34.3 Å². The van der Waals surface area contributed by atoms with E-state index < -0.39 is 46.6 Å². The minimum Gasteiger partial charge on any atom is -0.724 e. The smallest absolute Gasteiger partial charge is 0.346 e. The number of carboxylic acid groups (broad SMARTS) is 1. The SMILES string of the molecule is C[n+]1ccc(-c2nnc([C@@H]3CC[C@@H]4CN3C(=O)N4OS(=O)(=O)[O-])o2)cc1.NNC(=O)[C@@H]1CC[C@@H]2CN1C(=O)N2OCc1ccccc1.O=C(CNC(=O)[C@@H]1CC[C@@H]2CN1C(=O)N2OCc1ccccc1)c1ccncc1.O=C(O)c1ccncc1.O=C1N2C[C@@H](CC[C@H]2c2nnc(-c3ccncc3)o2)N1OCc1ccccc1. The van der Waals surface area contributed by atoms with E-state index in [0.29, 0.717) is 99.9 Å². The number of amides is 10. The number of urea groups is 4. The lowest BCUT2D eigenvalue weighted by Gasteiger charge is -2.29. The van der Waals surface area contributed by atoms with Crippen LogP contribution in [0, 0.1) is 0 Å². The van der Waals surface area contributed by atoms with Crippen LogP contribution in [-0.2, 0) is 65.7 Å². The van der Waals surface area contributed by atoms with Gasteiger partial charge in [-0.1, -0.05) is 91.0 Å². The minimum atomic E-state index is -5.02. The van der Waals surface area contributed by atoms with Gasteiger partial charge in [-0.15, -0.1) is 20.4 Å². The monoisotopic (exact) mass is 1570 g/mol. The number of ketones is 1. The maximum atomic E-state index is 12.9. The molecule has 0 unspecified atom stereocenters. The number of carbonyl (C=O) groups excluding carboxylic acids is 7. The fourth-order valence-corrected chi connectivity index (χ4v) is 14.4. The third-order valence-corrected chi connectivity index (χ3v) is 20.2. The lowest BCUT2D eigenvalue weighted by Crippen LogP contribution is -2.51. The first-order chi connectivity index (χ1) is 54.7. The van der Waals surface area contributed by atoms with E-state index in [1.54, 1.807) is 29.4 Å². The van der Waals surface area contributed by atoms with Crippen molar-refractivity contribution in [2.75, 3.05) is 32.7 Å². The van der Waals surface area contributed by atoms with E-state index >= 15 is 0 Å². The molecular formula is C75H79N19O18S. The second-order valence-electron chi connectivity index (χ2n) is 27.1. The zero-order chi connectivity index (χ0) is 79.1. The molecule has 0 saturated carbocycles. The van der Waals surface area contributed by atoms with Crippen molar-refractivity contribution < 1.29 is 88.6 Å². The molecule has 38 heteroatoms. The molecular weight excluding hydrogens is 1490 g/mol. The van der Waals surface area contributed by atoms with E-state index in [9.17, 15) is 51.3 Å². The molecule has 0 radical (unpaired) electrons. The molecule has 14 heterocycles. The number of Topliss-reactive ketones (excluding diaryl/α,β-unsaturated/α-hetero) is 1. The van der Waals surface area contributed by atoms with Crippen molar-refractivity contribution in [1.82, 2.24) is 85.9 Å². The van der Waals surface area contributed by atoms with Crippen molar-refractivity contribution in [3.63, 3.8) is 0 Å². The molecule has 8 bridgehead atoms. The van der Waals surface area contributed by atoms with Gasteiger partial charge in [0.25, 0.3) is 5.91 Å². The molecule has 8 saturated heterocycles. The lowest BCUT2D eigenvalue weighted by molar-refractivity contribution is -0.671. The second kappa shape index (κ2) is 36.1. The number of hydrazine groups is 1. The molecule has 8 fully saturated rings. The van der Waals surface area contributed by atoms with Crippen LogP contribution in [0.25, 0.3) is 22.9 Å². The summed E-state index contributed by atoms with van der Waals surface area (Å²) < 4.78 is 50.2. The van der Waals surface area contributed by atoms with Gasteiger partial charge in [0, 0.05) is 86.6 Å². The van der Waals surface area contributed by atoms with Gasteiger partial charge in [0.1, 0.15) is 51.0 Å². The third-order valence-electron chi connectivity index (χ3n) is 19.8. The predicted molar refractivity (Wildman–Crippen MR) is 389 cm³/mol. The first kappa shape index (κ1) is 78.5. The van der Waals surface area contributed by atoms with E-state index in [1.165, 1.54) is 66.8 Å². The molecule has 9 aromatic rings. The number of fused-ring (bicyclic) bond motifs is 8. The number of pyridine rings is 4. The molecule has 17 rings (SSSR count). The largest absolute Gasteiger partial charge is 0.724 e. The molecule has 6 aromatic heterocycles. The average molecular weight is 1570 g/mol. The zero-order valence-corrected chi connectivity index (χ0v) is 61.7. The number of hydrogen-bond donors (Lipinski definition) is 4. The number of carboxylic acids is 1. The van der Waals surface area contributed by atoms with E-state index in [0.717, 1.165) is 47.1 Å². The summed E-state index contributed by atoms with van der Waals surface area (Å²) in [4.78, 5) is 132. The summed E-state index contributed by atoms with van der Waals surface area (Å²) >= 11 is 0. The van der Waals surface area contributed by atoms with Gasteiger partial charge >= 0.3 is 30.1 Å². The average Bonchev–Trinajstić information content (AvgIpc) is 1.60. The van der Waals surface area contributed by atoms with Crippen LogP contribution in [0.15, 0.2) is 198 Å². The molecule has 5 N–H and O–H groups in total. The number of aryl methyl sites for hydroxylation is 1. The molecule has 8 atom stereocenters. The molecule has 8 aliphatic heterocycles. The number of nitrogens with zero attached hydrogens (tertiary/aromatic N) is 16. The maximum absolute atomic E-state index is 12.9. The molecule has 0 aliphatic carbocycles. The molecule has 3 aromatic carbocycles. The van der Waals surface area contributed by atoms with Gasteiger partial charge < -0.3 is 43.4 Å². The molecule has 37 nitrogen and oxygen atoms in total. The minimum absolute atomic E-state index is 0.00281. The van der Waals surface area contributed by atoms with Crippen LogP contribution in [0.3, 0.4) is 0 Å². The van der Waals surface area contributed by atoms with E-state index in [-0.39, 0.29) is 84.4 Å². The number of carbonyl (C=O) groups is 8. The highest BCUT2D eigenvalue weighted by molar-refractivity contribution is 7.80. The lowest BCUT2D eigenvalue weighted by atomic mass is 10.00. The summed E-state index contributed by atoms with van der Waals surface area (Å²) in [7, 11) is -3.14. The Morgan fingerprint density at radius 2 is 0.867 bits per heavy atom. The molecule has 113 heavy (non-hydrogen) atoms. The number of hydrogen-bond acceptors (Lipinski definition) is 25. The Hall–Kier alpha value is -12.6. The molecule has 10 amide bonds. The predicted octanol–water partition coefficient (Wildman–Crippen LogP) is 6.04. The third kappa shape index (κ3) is 19.1. The Bertz CT molecular complexity index is 4900. The Kier molecular flexibility index (Phi) is 25.1. The fourth-order valence-electron chi connectivity index (χ4n) is 14.1. The van der Waals surface area contributed by atoms with E-state index in [2.05, 4.69) is 50.4 Å². The Balaban J connectivity index is 0.000000127. The molecule has 8 aliphatic rings. The summed E-state index contributed by atoms with van der Waals surface area (Å²) in [6.07, 6.45) is 18.1. The van der Waals surface area contributed by atoms with Gasteiger partial charge in [0.15, 0.2) is 18.2 Å². The van der Waals surface area contributed by atoms with Crippen molar-refractivity contribution in [3.8, 4) is 22.9 Å². The fraction of sp³-hybridized carbons (Fsp3) is 0.333. The van der Waals surface area contributed by atoms with Crippen molar-refractivity contribution in [1.29, 1.82) is 0 Å². The number of nitrogens with one attached hydrogen (secondary N) is 2. The maximum Gasteiger partial charge on any atom is 0.346 e. The first-order valence-corrected chi connectivity index (χ1v) is 37.5. The van der Waals surface area contributed by atoms with Crippen LogP contribution >= 0.6 is 0 Å². The standard InChI is InChI=1S/C21H22N4O4.C20H19N5O3.C14H15N5O6S.C14H18N4O3.C6H5NO2/c26-19(16-8-10-22-11-9-16)12-23-20(27)18-7-6-17-13-24(18)21(28)25(17)29-14-15-4-2-1-3-5-15;26-20-24-12-16(25(20)27-13-14-4-2-1-3-5-14)6-7-17(24)19-23-22-18(28-19)15-8-10-21-11-9-15;1-17-6-4-9(5-7-17)12-15-16-13(24-12)11-3-2-10-8-18(11)14(20)19(10)25-26(21,22)23;15-16-13(19)12-7-6-11-8-17(12)14(20)18(11)21-9-10-4-2-1-3-5-10;8-6(9)5-1-3-7-4-2-5/h1-5,8-11,17-18H,6-7,12-14H2,(H,23,27);1-5,8-11,16-17H,6-7,12-13H2;4-7,10-11H,2-3,8H2,1H3;1-5,11-12H,6-9,15H2,(H,16,19);1-4H,(H,8,9)/t17-,18+;16-,17+;10-,11+;11-,12+;/m1111./s1. The highest BCUT2D eigenvalue weighted by Crippen LogP contribution is 2.41. The number of aromatic nitrogens is 8. The summed E-state index contributed by atoms with van der Waals surface area (Å²) in [6, 6.07) is 38.8. The number of piperidine rings is 4. The van der Waals surface area contributed by atoms with Gasteiger partial charge in [0.2, 0.25) is 39.9 Å². The van der Waals surface area contributed by atoms with Crippen LogP contribution in [0.2, 0.25) is 0 Å². The van der Waals surface area contributed by atoms with Crippen LogP contribution < -0.4 is 21.2 Å². The first-order valence-electron chi connectivity index (χ1n) is 36.2. The van der Waals surface area contributed by atoms with Gasteiger partial charge in [-0.25, -0.2) is 42.8 Å². The van der Waals surface area contributed by atoms with Crippen molar-refractivity contribution in [2.45, 2.75) is 120 Å². The van der Waals surface area contributed by atoms with Gasteiger partial charge in [-0.2, -0.15) is 24.5 Å². The second-order valence-corrected chi connectivity index (χ2v) is 28.1. The highest BCUT2D eigenvalue weighted by atomic mass is 32.3. The van der Waals surface area contributed by atoms with Crippen molar-refractivity contribution in [3.05, 3.63) is 229 Å². The van der Waals surface area contributed by atoms with E-state index in [1.807, 2.05) is 139 Å². The van der Waals surface area contributed by atoms with Crippen molar-refractivity contribution >= 4 is 58.1 Å². The summed E-state index contributed by atoms with van der Waals surface area (Å²) in [5.41, 5.74) is 7.43. The topological polar surface area (TPSA) is 447 Å². The number of aromatic carboxylic acids is 1. The Labute approximate surface area is 646 Å². The van der Waals surface area contributed by atoms with Crippen LogP contribution in [0.4, 0.5) is 19.2 Å². The number of rotatable bonds is 21. The van der Waals surface area contributed by atoms with Crippen LogP contribution in [0.1, 0.15) is 113 Å². The normalized spacial score (nSPS) is 21.1.